The molecule has 0 aliphatic rings. The van der Waals surface area contributed by atoms with Crippen molar-refractivity contribution in [1.29, 1.82) is 0 Å². The lowest BCUT2D eigenvalue weighted by atomic mass is 10.1. The van der Waals surface area contributed by atoms with Gasteiger partial charge in [0.15, 0.2) is 0 Å². The lowest BCUT2D eigenvalue weighted by molar-refractivity contribution is -0.448. The molecule has 0 aromatic carbocycles. The van der Waals surface area contributed by atoms with Crippen molar-refractivity contribution in [3.63, 3.8) is 0 Å². The molecule has 1 nitrogen and oxygen atoms in total. The molecule has 0 bridgehead atoms. The van der Waals surface area contributed by atoms with Gasteiger partial charge in [-0.15, -0.1) is 13.2 Å². The Labute approximate surface area is 113 Å². The Balaban J connectivity index is 4.79. The quantitative estimate of drug-likeness (QED) is 0.344. The number of hydrogen-bond donors (Lipinski definition) is 0. The molecular formula is C9H12F7IO. The molecule has 0 fully saturated rings. The van der Waals surface area contributed by atoms with Gasteiger partial charge in [-0.2, -0.15) is 13.2 Å². The average Bonchev–Trinajstić information content (AvgIpc) is 2.09. The lowest BCUT2D eigenvalue weighted by Gasteiger charge is -2.30. The maximum Gasteiger partial charge on any atom is 0.525 e. The number of unbranched alkanes of at least 4 members (excludes halogenated alkanes) is 1. The molecular weight excluding hydrogens is 384 g/mol. The van der Waals surface area contributed by atoms with Gasteiger partial charge in [0.25, 0.3) is 0 Å². The van der Waals surface area contributed by atoms with Crippen LogP contribution in [0.25, 0.3) is 0 Å². The number of rotatable bonds is 6. The van der Waals surface area contributed by atoms with E-state index in [1.54, 1.807) is 6.92 Å². The summed E-state index contributed by atoms with van der Waals surface area (Å²) < 4.78 is 87.6. The maximum atomic E-state index is 13.4. The van der Waals surface area contributed by atoms with E-state index in [0.717, 1.165) is 0 Å². The Morgan fingerprint density at radius 2 is 1.56 bits per heavy atom. The van der Waals surface area contributed by atoms with E-state index in [4.69, 9.17) is 0 Å². The zero-order valence-corrected chi connectivity index (χ0v) is 11.5. The van der Waals surface area contributed by atoms with Crippen molar-refractivity contribution in [1.82, 2.24) is 0 Å². The van der Waals surface area contributed by atoms with Gasteiger partial charge in [-0.05, 0) is 6.42 Å². The molecule has 0 aromatic heterocycles. The summed E-state index contributed by atoms with van der Waals surface area (Å²) in [4.78, 5) is 0. The zero-order valence-electron chi connectivity index (χ0n) is 9.34. The van der Waals surface area contributed by atoms with Crippen LogP contribution in [0.15, 0.2) is 0 Å². The molecule has 0 heterocycles. The van der Waals surface area contributed by atoms with Gasteiger partial charge >= 0.3 is 18.4 Å². The van der Waals surface area contributed by atoms with Gasteiger partial charge in [0.2, 0.25) is 0 Å². The fourth-order valence-corrected chi connectivity index (χ4v) is 2.22. The second-order valence-corrected chi connectivity index (χ2v) is 5.48. The summed E-state index contributed by atoms with van der Waals surface area (Å²) in [6.07, 6.45) is -11.4. The number of halogens is 8. The first kappa shape index (κ1) is 18.2. The van der Waals surface area contributed by atoms with E-state index in [2.05, 4.69) is 4.74 Å². The fraction of sp³-hybridized carbons (Fsp3) is 1.00. The Kier molecular flexibility index (Phi) is 6.65. The Hall–Kier alpha value is 0.200. The van der Waals surface area contributed by atoms with Crippen LogP contribution in [-0.2, 0) is 4.74 Å². The summed E-state index contributed by atoms with van der Waals surface area (Å²) in [5, 5.41) is 0. The first-order chi connectivity index (χ1) is 7.91. The van der Waals surface area contributed by atoms with E-state index in [0.29, 0.717) is 12.8 Å². The van der Waals surface area contributed by atoms with Crippen molar-refractivity contribution in [3.8, 4) is 0 Å². The molecule has 0 aromatic rings. The third-order valence-electron chi connectivity index (χ3n) is 2.06. The van der Waals surface area contributed by atoms with Crippen molar-refractivity contribution in [3.05, 3.63) is 0 Å². The maximum absolute atomic E-state index is 13.4. The summed E-state index contributed by atoms with van der Waals surface area (Å²) in [5.41, 5.74) is 0. The van der Waals surface area contributed by atoms with Crippen LogP contribution in [0.3, 0.4) is 0 Å². The number of hydrogen-bond acceptors (Lipinski definition) is 1. The van der Waals surface area contributed by atoms with E-state index >= 15 is 0 Å². The number of alkyl halides is 8. The molecule has 110 valence electrons. The molecule has 0 aliphatic heterocycles. The lowest BCUT2D eigenvalue weighted by Crippen LogP contribution is -2.48. The first-order valence-electron chi connectivity index (χ1n) is 5.08. The minimum absolute atomic E-state index is 0.194. The van der Waals surface area contributed by atoms with E-state index in [9.17, 15) is 30.7 Å². The van der Waals surface area contributed by atoms with Gasteiger partial charge < -0.3 is 0 Å². The molecule has 0 radical (unpaired) electrons. The highest BCUT2D eigenvalue weighted by Crippen LogP contribution is 2.44. The Bertz CT molecular complexity index is 252. The second kappa shape index (κ2) is 6.58. The molecule has 0 saturated heterocycles. The van der Waals surface area contributed by atoms with Gasteiger partial charge in [-0.1, -0.05) is 42.4 Å². The summed E-state index contributed by atoms with van der Waals surface area (Å²) in [6.45, 7) is 1.77. The molecule has 0 rings (SSSR count). The monoisotopic (exact) mass is 396 g/mol. The van der Waals surface area contributed by atoms with Crippen molar-refractivity contribution < 1.29 is 35.5 Å². The molecule has 0 unspecified atom stereocenters. The Morgan fingerprint density at radius 3 is 1.89 bits per heavy atom. The van der Waals surface area contributed by atoms with Crippen molar-refractivity contribution >= 4 is 22.6 Å². The summed E-state index contributed by atoms with van der Waals surface area (Å²) in [7, 11) is 0. The van der Waals surface area contributed by atoms with Crippen LogP contribution in [0.2, 0.25) is 0 Å². The smallest absolute Gasteiger partial charge is 0.245 e. The highest BCUT2D eigenvalue weighted by Gasteiger charge is 2.62. The van der Waals surface area contributed by atoms with Crippen LogP contribution in [0, 0.1) is 0 Å². The fourth-order valence-electron chi connectivity index (χ4n) is 1.21. The summed E-state index contributed by atoms with van der Waals surface area (Å²) in [5.74, 6) is -4.69. The van der Waals surface area contributed by atoms with Gasteiger partial charge in [0.05, 0.1) is 0 Å². The highest BCUT2D eigenvalue weighted by molar-refractivity contribution is 14.1. The van der Waals surface area contributed by atoms with Crippen LogP contribution in [0.1, 0.15) is 32.6 Å². The van der Waals surface area contributed by atoms with Crippen LogP contribution < -0.4 is 0 Å². The predicted octanol–water partition coefficient (Wildman–Crippen LogP) is 5.13. The average molecular weight is 396 g/mol. The first-order valence-corrected chi connectivity index (χ1v) is 6.32. The molecule has 0 spiro atoms. The van der Waals surface area contributed by atoms with Gasteiger partial charge in [0, 0.05) is 10.3 Å². The van der Waals surface area contributed by atoms with Crippen LogP contribution >= 0.6 is 22.6 Å². The second-order valence-electron chi connectivity index (χ2n) is 3.72. The molecule has 0 aliphatic carbocycles. The topological polar surface area (TPSA) is 9.23 Å². The van der Waals surface area contributed by atoms with Crippen molar-refractivity contribution in [2.45, 2.75) is 54.9 Å². The van der Waals surface area contributed by atoms with Gasteiger partial charge in [-0.25, -0.2) is 9.13 Å². The molecule has 9 heteroatoms. The van der Waals surface area contributed by atoms with Crippen LogP contribution in [0.5, 0.6) is 0 Å². The normalized spacial score (nSPS) is 18.5. The van der Waals surface area contributed by atoms with E-state index in [-0.39, 0.29) is 6.42 Å². The van der Waals surface area contributed by atoms with Gasteiger partial charge in [-0.3, -0.25) is 0 Å². The molecule has 0 N–H and O–H groups in total. The predicted molar refractivity (Wildman–Crippen MR) is 59.0 cm³/mol. The number of ether oxygens (including phenoxy) is 1. The van der Waals surface area contributed by atoms with Crippen molar-refractivity contribution in [2.75, 3.05) is 0 Å². The summed E-state index contributed by atoms with van der Waals surface area (Å²) in [6, 6.07) is 0. The van der Waals surface area contributed by atoms with Gasteiger partial charge in [0.1, 0.15) is 0 Å². The van der Waals surface area contributed by atoms with E-state index < -0.39 is 28.7 Å². The summed E-state index contributed by atoms with van der Waals surface area (Å²) >= 11 is 1.49. The van der Waals surface area contributed by atoms with Crippen LogP contribution in [-0.4, -0.2) is 22.3 Å². The Morgan fingerprint density at radius 1 is 1.06 bits per heavy atom. The van der Waals surface area contributed by atoms with E-state index in [1.165, 1.54) is 22.6 Å². The minimum atomic E-state index is -5.72. The third-order valence-corrected chi connectivity index (χ3v) is 3.12. The SMILES string of the molecule is CCCC[C@H](I)C[C@](F)(OC(F)(F)F)C(F)(F)F. The standard InChI is InChI=1S/C9H12F7IO/c1-2-3-4-6(17)5-7(10,8(11,12)13)18-9(14,15)16/h6H,2-5H2,1H3/t6-,7-/m0/s1. The molecule has 0 amide bonds. The molecule has 0 saturated carbocycles. The molecule has 18 heavy (non-hydrogen) atoms. The third kappa shape index (κ3) is 6.39. The van der Waals surface area contributed by atoms with E-state index in [1.807, 2.05) is 0 Å². The van der Waals surface area contributed by atoms with Crippen molar-refractivity contribution in [2.24, 2.45) is 0 Å². The minimum Gasteiger partial charge on any atom is -0.245 e. The van der Waals surface area contributed by atoms with Crippen LogP contribution in [0.4, 0.5) is 30.7 Å². The zero-order chi connectivity index (χ0) is 14.6. The molecule has 2 atom stereocenters. The largest absolute Gasteiger partial charge is 0.525 e. The highest BCUT2D eigenvalue weighted by atomic mass is 127.